The third-order valence-electron chi connectivity index (χ3n) is 4.69. The molecule has 1 saturated carbocycles. The van der Waals surface area contributed by atoms with Gasteiger partial charge in [-0.15, -0.1) is 0 Å². The molecule has 0 bridgehead atoms. The minimum absolute atomic E-state index is 0.130. The van der Waals surface area contributed by atoms with Crippen molar-refractivity contribution in [2.75, 3.05) is 26.7 Å². The van der Waals surface area contributed by atoms with E-state index in [1.807, 2.05) is 11.9 Å². The topological polar surface area (TPSA) is 52.6 Å². The first kappa shape index (κ1) is 13.8. The molecule has 1 saturated heterocycles. The van der Waals surface area contributed by atoms with Gasteiger partial charge in [-0.2, -0.15) is 0 Å². The molecule has 0 aromatic rings. The molecule has 1 heterocycles. The minimum atomic E-state index is -0.185. The van der Waals surface area contributed by atoms with E-state index in [9.17, 15) is 9.90 Å². The number of hydrogen-bond donors (Lipinski definition) is 2. The molecule has 0 aromatic carbocycles. The Bertz CT molecular complexity index is 294. The van der Waals surface area contributed by atoms with Gasteiger partial charge < -0.3 is 15.3 Å². The maximum Gasteiger partial charge on any atom is 0.229 e. The predicted octanol–water partition coefficient (Wildman–Crippen LogP) is 0.995. The summed E-state index contributed by atoms with van der Waals surface area (Å²) in [7, 11) is 1.92. The van der Waals surface area contributed by atoms with Gasteiger partial charge in [0.25, 0.3) is 0 Å². The molecular formula is C14H26N2O2. The molecule has 4 nitrogen and oxygen atoms in total. The second-order valence-electron chi connectivity index (χ2n) is 6.09. The van der Waals surface area contributed by atoms with Gasteiger partial charge in [-0.3, -0.25) is 4.79 Å². The molecule has 2 N–H and O–H groups in total. The summed E-state index contributed by atoms with van der Waals surface area (Å²) in [6.45, 7) is 4.77. The number of piperidine rings is 1. The smallest absolute Gasteiger partial charge is 0.229 e. The van der Waals surface area contributed by atoms with Gasteiger partial charge in [0, 0.05) is 20.1 Å². The van der Waals surface area contributed by atoms with E-state index in [1.165, 1.54) is 0 Å². The molecule has 1 aliphatic heterocycles. The van der Waals surface area contributed by atoms with Crippen molar-refractivity contribution >= 4 is 5.91 Å². The third kappa shape index (κ3) is 2.69. The Morgan fingerprint density at radius 2 is 2.22 bits per heavy atom. The molecule has 2 aliphatic rings. The van der Waals surface area contributed by atoms with Gasteiger partial charge in [-0.1, -0.05) is 6.92 Å². The summed E-state index contributed by atoms with van der Waals surface area (Å²) in [5, 5.41) is 12.7. The van der Waals surface area contributed by atoms with Crippen LogP contribution in [0.1, 0.15) is 39.0 Å². The zero-order valence-corrected chi connectivity index (χ0v) is 11.6. The average Bonchev–Trinajstić information content (AvgIpc) is 2.36. The van der Waals surface area contributed by atoms with Gasteiger partial charge in [0.05, 0.1) is 11.5 Å². The Hall–Kier alpha value is -0.610. The number of nitrogens with one attached hydrogen (secondary N) is 1. The lowest BCUT2D eigenvalue weighted by Crippen LogP contribution is -2.52. The number of hydrogen-bond acceptors (Lipinski definition) is 3. The second-order valence-corrected chi connectivity index (χ2v) is 6.09. The van der Waals surface area contributed by atoms with E-state index < -0.39 is 0 Å². The van der Waals surface area contributed by atoms with E-state index in [0.717, 1.165) is 51.7 Å². The fourth-order valence-electron chi connectivity index (χ4n) is 3.33. The molecule has 0 spiro atoms. The molecule has 1 aliphatic carbocycles. The van der Waals surface area contributed by atoms with E-state index in [1.54, 1.807) is 0 Å². The lowest BCUT2D eigenvalue weighted by atomic mass is 9.76. The number of carbonyl (C=O) groups is 1. The van der Waals surface area contributed by atoms with E-state index in [4.69, 9.17) is 0 Å². The molecule has 4 heteroatoms. The summed E-state index contributed by atoms with van der Waals surface area (Å²) in [6, 6.07) is 0. The highest BCUT2D eigenvalue weighted by Crippen LogP contribution is 2.34. The maximum absolute atomic E-state index is 12.6. The zero-order chi connectivity index (χ0) is 13.2. The number of amides is 1. The largest absolute Gasteiger partial charge is 0.393 e. The van der Waals surface area contributed by atoms with E-state index in [-0.39, 0.29) is 11.5 Å². The normalized spacial score (nSPS) is 35.9. The summed E-state index contributed by atoms with van der Waals surface area (Å²) < 4.78 is 0. The summed E-state index contributed by atoms with van der Waals surface area (Å²) in [5.41, 5.74) is -0.185. The lowest BCUT2D eigenvalue weighted by molar-refractivity contribution is -0.143. The summed E-state index contributed by atoms with van der Waals surface area (Å²) in [5.74, 6) is 0.790. The first-order valence-electron chi connectivity index (χ1n) is 7.22. The number of aliphatic hydroxyl groups excluding tert-OH is 1. The van der Waals surface area contributed by atoms with Crippen LogP contribution in [0.15, 0.2) is 0 Å². The highest BCUT2D eigenvalue weighted by molar-refractivity contribution is 5.83. The van der Waals surface area contributed by atoms with Crippen molar-refractivity contribution in [3.05, 3.63) is 0 Å². The van der Waals surface area contributed by atoms with Crippen molar-refractivity contribution in [2.45, 2.75) is 45.1 Å². The Labute approximate surface area is 110 Å². The van der Waals surface area contributed by atoms with Crippen LogP contribution < -0.4 is 5.32 Å². The van der Waals surface area contributed by atoms with Crippen LogP contribution in [0.2, 0.25) is 0 Å². The van der Waals surface area contributed by atoms with Gasteiger partial charge in [-0.05, 0) is 44.6 Å². The summed E-state index contributed by atoms with van der Waals surface area (Å²) >= 11 is 0. The van der Waals surface area contributed by atoms with Crippen LogP contribution in [0, 0.1) is 11.3 Å². The van der Waals surface area contributed by atoms with Gasteiger partial charge in [0.15, 0.2) is 0 Å². The number of carbonyl (C=O) groups excluding carboxylic acids is 1. The summed E-state index contributed by atoms with van der Waals surface area (Å²) in [4.78, 5) is 14.5. The van der Waals surface area contributed by atoms with Gasteiger partial charge in [0.1, 0.15) is 0 Å². The Kier molecular flexibility index (Phi) is 4.28. The second kappa shape index (κ2) is 5.57. The van der Waals surface area contributed by atoms with Crippen LogP contribution in [-0.2, 0) is 4.79 Å². The maximum atomic E-state index is 12.6. The molecule has 2 fully saturated rings. The molecule has 0 aromatic heterocycles. The third-order valence-corrected chi connectivity index (χ3v) is 4.69. The van der Waals surface area contributed by atoms with Crippen LogP contribution in [0.3, 0.4) is 0 Å². The van der Waals surface area contributed by atoms with Gasteiger partial charge in [0.2, 0.25) is 5.91 Å². The predicted molar refractivity (Wildman–Crippen MR) is 71.2 cm³/mol. The van der Waals surface area contributed by atoms with Crippen molar-refractivity contribution in [1.29, 1.82) is 0 Å². The van der Waals surface area contributed by atoms with Crippen molar-refractivity contribution < 1.29 is 9.90 Å². The Morgan fingerprint density at radius 3 is 2.72 bits per heavy atom. The minimum Gasteiger partial charge on any atom is -0.393 e. The monoisotopic (exact) mass is 254 g/mol. The average molecular weight is 254 g/mol. The zero-order valence-electron chi connectivity index (χ0n) is 11.6. The van der Waals surface area contributed by atoms with Gasteiger partial charge >= 0.3 is 0 Å². The first-order valence-corrected chi connectivity index (χ1v) is 7.22. The fourth-order valence-corrected chi connectivity index (χ4v) is 3.33. The molecule has 1 atom stereocenters. The number of aliphatic hydroxyl groups is 1. The van der Waals surface area contributed by atoms with Crippen LogP contribution in [0.25, 0.3) is 0 Å². The molecular weight excluding hydrogens is 228 g/mol. The SMILES string of the molecule is CCC1(C(=O)N(C)CC2CC(O)C2)CCCNC1. The lowest BCUT2D eigenvalue weighted by Gasteiger charge is -2.41. The van der Waals surface area contributed by atoms with Crippen LogP contribution in [-0.4, -0.2) is 48.7 Å². The fraction of sp³-hybridized carbons (Fsp3) is 0.929. The molecule has 0 radical (unpaired) electrons. The van der Waals surface area contributed by atoms with Crippen LogP contribution in [0.4, 0.5) is 0 Å². The van der Waals surface area contributed by atoms with Crippen molar-refractivity contribution in [1.82, 2.24) is 10.2 Å². The molecule has 1 amide bonds. The van der Waals surface area contributed by atoms with Gasteiger partial charge in [-0.25, -0.2) is 0 Å². The molecule has 18 heavy (non-hydrogen) atoms. The van der Waals surface area contributed by atoms with E-state index in [0.29, 0.717) is 11.8 Å². The van der Waals surface area contributed by atoms with Crippen molar-refractivity contribution in [2.24, 2.45) is 11.3 Å². The number of nitrogens with zero attached hydrogens (tertiary/aromatic N) is 1. The van der Waals surface area contributed by atoms with Crippen LogP contribution in [0.5, 0.6) is 0 Å². The molecule has 104 valence electrons. The molecule has 2 rings (SSSR count). The van der Waals surface area contributed by atoms with Crippen LogP contribution >= 0.6 is 0 Å². The number of rotatable bonds is 4. The highest BCUT2D eigenvalue weighted by atomic mass is 16.3. The van der Waals surface area contributed by atoms with E-state index >= 15 is 0 Å². The van der Waals surface area contributed by atoms with Crippen molar-refractivity contribution in [3.63, 3.8) is 0 Å². The van der Waals surface area contributed by atoms with E-state index in [2.05, 4.69) is 12.2 Å². The quantitative estimate of drug-likeness (QED) is 0.787. The Morgan fingerprint density at radius 1 is 1.50 bits per heavy atom. The summed E-state index contributed by atoms with van der Waals surface area (Å²) in [6.07, 6.45) is 4.60. The highest BCUT2D eigenvalue weighted by Gasteiger charge is 2.40. The standard InChI is InChI=1S/C14H26N2O2/c1-3-14(5-4-6-15-10-14)13(18)16(2)9-11-7-12(17)8-11/h11-12,15,17H,3-10H2,1-2H3. The Balaban J connectivity index is 1.91. The first-order chi connectivity index (χ1) is 8.57. The molecule has 1 unspecified atom stereocenters. The van der Waals surface area contributed by atoms with Crippen molar-refractivity contribution in [3.8, 4) is 0 Å².